The van der Waals surface area contributed by atoms with Crippen molar-refractivity contribution in [3.8, 4) is 0 Å². The number of aliphatic hydroxyl groups is 1. The Kier molecular flexibility index (Phi) is 2.95. The first-order chi connectivity index (χ1) is 8.71. The van der Waals surface area contributed by atoms with Gasteiger partial charge in [-0.3, -0.25) is 0 Å². The van der Waals surface area contributed by atoms with E-state index in [1.54, 1.807) is 0 Å². The van der Waals surface area contributed by atoms with Crippen molar-refractivity contribution >= 4 is 21.4 Å². The number of hydrogen-bond acceptors (Lipinski definition) is 2. The van der Waals surface area contributed by atoms with Gasteiger partial charge in [0.1, 0.15) is 0 Å². The van der Waals surface area contributed by atoms with Crippen LogP contribution in [0.4, 0.5) is 0 Å². The van der Waals surface area contributed by atoms with Gasteiger partial charge < -0.3 is 5.11 Å². The molecule has 1 aromatic carbocycles. The Hall–Kier alpha value is -0.860. The molecule has 0 spiro atoms. The smallest absolute Gasteiger partial charge is 0.0608 e. The summed E-state index contributed by atoms with van der Waals surface area (Å²) >= 11 is 1.91. The molecule has 1 fully saturated rings. The second-order valence-electron chi connectivity index (χ2n) is 5.43. The molecule has 18 heavy (non-hydrogen) atoms. The summed E-state index contributed by atoms with van der Waals surface area (Å²) in [5, 5.41) is 11.5. The van der Waals surface area contributed by atoms with E-state index in [0.717, 1.165) is 19.3 Å². The third kappa shape index (κ3) is 1.55. The van der Waals surface area contributed by atoms with Gasteiger partial charge in [-0.1, -0.05) is 32.0 Å². The Balaban J connectivity index is 2.00. The van der Waals surface area contributed by atoms with Gasteiger partial charge >= 0.3 is 0 Å². The maximum Gasteiger partial charge on any atom is 0.0608 e. The van der Waals surface area contributed by atoms with Crippen molar-refractivity contribution in [3.63, 3.8) is 0 Å². The second kappa shape index (κ2) is 4.36. The van der Waals surface area contributed by atoms with Gasteiger partial charge in [-0.15, -0.1) is 11.3 Å². The van der Waals surface area contributed by atoms with Gasteiger partial charge in [0.25, 0.3) is 0 Å². The maximum atomic E-state index is 10.2. The van der Waals surface area contributed by atoms with Crippen LogP contribution in [0, 0.1) is 5.41 Å². The van der Waals surface area contributed by atoms with Crippen LogP contribution in [0.25, 0.3) is 10.1 Å². The Labute approximate surface area is 112 Å². The van der Waals surface area contributed by atoms with Gasteiger partial charge in [0.15, 0.2) is 0 Å². The van der Waals surface area contributed by atoms with Crippen LogP contribution in [0.15, 0.2) is 30.3 Å². The molecule has 1 N–H and O–H groups in total. The summed E-state index contributed by atoms with van der Waals surface area (Å²) in [6.07, 6.45) is 2.98. The molecule has 2 unspecified atom stereocenters. The Bertz CT molecular complexity index is 520. The summed E-state index contributed by atoms with van der Waals surface area (Å²) in [5.74, 6) is 0.555. The quantitative estimate of drug-likeness (QED) is 0.858. The average molecular weight is 260 g/mol. The highest BCUT2D eigenvalue weighted by molar-refractivity contribution is 7.19. The minimum Gasteiger partial charge on any atom is -0.393 e. The fourth-order valence-corrected chi connectivity index (χ4v) is 4.86. The van der Waals surface area contributed by atoms with Gasteiger partial charge in [-0.2, -0.15) is 0 Å². The Morgan fingerprint density at radius 2 is 2.00 bits per heavy atom. The van der Waals surface area contributed by atoms with Gasteiger partial charge in [0.05, 0.1) is 6.10 Å². The van der Waals surface area contributed by atoms with Crippen LogP contribution in [0.1, 0.15) is 43.9 Å². The van der Waals surface area contributed by atoms with Crippen molar-refractivity contribution in [2.45, 2.75) is 45.1 Å². The van der Waals surface area contributed by atoms with E-state index >= 15 is 0 Å². The monoisotopic (exact) mass is 260 g/mol. The van der Waals surface area contributed by atoms with Crippen LogP contribution < -0.4 is 0 Å². The van der Waals surface area contributed by atoms with Gasteiger partial charge in [-0.05, 0) is 36.8 Å². The molecule has 96 valence electrons. The molecule has 1 saturated carbocycles. The zero-order valence-electron chi connectivity index (χ0n) is 11.0. The molecule has 0 bridgehead atoms. The highest BCUT2D eigenvalue weighted by Crippen LogP contribution is 2.58. The molecule has 1 nitrogen and oxygen atoms in total. The fraction of sp³-hybridized carbons (Fsp3) is 0.500. The molecule has 1 heterocycles. The molecule has 0 radical (unpaired) electrons. The largest absolute Gasteiger partial charge is 0.393 e. The summed E-state index contributed by atoms with van der Waals surface area (Å²) in [5.41, 5.74) is 0.126. The zero-order chi connectivity index (χ0) is 12.8. The molecule has 3 rings (SSSR count). The summed E-state index contributed by atoms with van der Waals surface area (Å²) in [4.78, 5) is 1.46. The first-order valence-electron chi connectivity index (χ1n) is 6.87. The second-order valence-corrected chi connectivity index (χ2v) is 6.55. The third-order valence-corrected chi connectivity index (χ3v) is 6.15. The van der Waals surface area contributed by atoms with E-state index < -0.39 is 0 Å². The lowest BCUT2D eigenvalue weighted by molar-refractivity contribution is -0.0920. The summed E-state index contributed by atoms with van der Waals surface area (Å²) in [7, 11) is 0. The summed E-state index contributed by atoms with van der Waals surface area (Å²) in [6.45, 7) is 4.43. The van der Waals surface area contributed by atoms with E-state index in [0.29, 0.717) is 5.92 Å². The highest BCUT2D eigenvalue weighted by Gasteiger charge is 2.52. The van der Waals surface area contributed by atoms with Crippen LogP contribution in [-0.4, -0.2) is 11.2 Å². The summed E-state index contributed by atoms with van der Waals surface area (Å²) in [6, 6.07) is 10.9. The van der Waals surface area contributed by atoms with Crippen LogP contribution in [0.2, 0.25) is 0 Å². The van der Waals surface area contributed by atoms with E-state index in [1.165, 1.54) is 15.0 Å². The predicted molar refractivity (Wildman–Crippen MR) is 78.2 cm³/mol. The van der Waals surface area contributed by atoms with Crippen molar-refractivity contribution < 1.29 is 5.11 Å². The molecule has 0 amide bonds. The fourth-order valence-electron chi connectivity index (χ4n) is 3.55. The minimum atomic E-state index is -0.109. The lowest BCUT2D eigenvalue weighted by Gasteiger charge is -2.53. The van der Waals surface area contributed by atoms with Crippen molar-refractivity contribution in [2.24, 2.45) is 5.41 Å². The molecular formula is C16H20OS. The minimum absolute atomic E-state index is 0.109. The molecule has 0 saturated heterocycles. The van der Waals surface area contributed by atoms with Crippen LogP contribution in [0.5, 0.6) is 0 Å². The molecule has 0 aliphatic heterocycles. The molecule has 2 heteroatoms. The Morgan fingerprint density at radius 3 is 2.61 bits per heavy atom. The highest BCUT2D eigenvalue weighted by atomic mass is 32.1. The number of hydrogen-bond donors (Lipinski definition) is 1. The van der Waals surface area contributed by atoms with Gasteiger partial charge in [0, 0.05) is 20.9 Å². The van der Waals surface area contributed by atoms with Crippen LogP contribution >= 0.6 is 11.3 Å². The zero-order valence-corrected chi connectivity index (χ0v) is 11.8. The predicted octanol–water partition coefficient (Wildman–Crippen LogP) is 4.56. The molecule has 1 aliphatic rings. The topological polar surface area (TPSA) is 20.2 Å². The number of rotatable bonds is 3. The number of fused-ring (bicyclic) bond motifs is 1. The third-order valence-electron chi connectivity index (χ3n) is 4.92. The van der Waals surface area contributed by atoms with Crippen molar-refractivity contribution in [3.05, 3.63) is 35.2 Å². The normalized spacial score (nSPS) is 26.2. The van der Waals surface area contributed by atoms with E-state index in [-0.39, 0.29) is 11.5 Å². The number of thiophene rings is 1. The van der Waals surface area contributed by atoms with Crippen molar-refractivity contribution in [1.82, 2.24) is 0 Å². The number of benzene rings is 1. The molecule has 1 aliphatic carbocycles. The van der Waals surface area contributed by atoms with Crippen LogP contribution in [-0.2, 0) is 0 Å². The molecular weight excluding hydrogens is 240 g/mol. The lowest BCUT2D eigenvalue weighted by Crippen LogP contribution is -2.50. The van der Waals surface area contributed by atoms with Gasteiger partial charge in [0.2, 0.25) is 0 Å². The number of aliphatic hydroxyl groups excluding tert-OH is 1. The standard InChI is InChI=1S/C16H20OS/c1-3-16(4-2)12(10-15(16)17)14-9-11-7-5-6-8-13(11)18-14/h5-9,12,15,17H,3-4,10H2,1-2H3. The van der Waals surface area contributed by atoms with E-state index in [2.05, 4.69) is 44.2 Å². The van der Waals surface area contributed by atoms with E-state index in [1.807, 2.05) is 11.3 Å². The molecule has 1 aromatic heterocycles. The molecule has 2 aromatic rings. The molecule has 2 atom stereocenters. The first-order valence-corrected chi connectivity index (χ1v) is 7.69. The van der Waals surface area contributed by atoms with E-state index in [9.17, 15) is 5.11 Å². The Morgan fingerprint density at radius 1 is 1.28 bits per heavy atom. The first kappa shape index (κ1) is 12.2. The lowest BCUT2D eigenvalue weighted by atomic mass is 9.54. The summed E-state index contributed by atoms with van der Waals surface area (Å²) < 4.78 is 1.37. The maximum absolute atomic E-state index is 10.2. The van der Waals surface area contributed by atoms with E-state index in [4.69, 9.17) is 0 Å². The van der Waals surface area contributed by atoms with Gasteiger partial charge in [-0.25, -0.2) is 0 Å². The van der Waals surface area contributed by atoms with Crippen molar-refractivity contribution in [1.29, 1.82) is 0 Å². The van der Waals surface area contributed by atoms with Crippen molar-refractivity contribution in [2.75, 3.05) is 0 Å². The van der Waals surface area contributed by atoms with Crippen LogP contribution in [0.3, 0.4) is 0 Å². The average Bonchev–Trinajstić information content (AvgIpc) is 2.80. The SMILES string of the molecule is CCC1(CC)C(O)CC1c1cc2ccccc2s1.